The van der Waals surface area contributed by atoms with E-state index in [4.69, 9.17) is 31.5 Å². The fourth-order valence-corrected chi connectivity index (χ4v) is 13.0. The van der Waals surface area contributed by atoms with Crippen molar-refractivity contribution in [2.75, 3.05) is 72.4 Å². The van der Waals surface area contributed by atoms with Gasteiger partial charge in [0.25, 0.3) is 0 Å². The zero-order valence-electron chi connectivity index (χ0n) is 59.7. The zero-order valence-corrected chi connectivity index (χ0v) is 61.8. The molecule has 3 aliphatic rings. The summed E-state index contributed by atoms with van der Waals surface area (Å²) in [6, 6.07) is -5.67. The van der Waals surface area contributed by atoms with Crippen molar-refractivity contribution in [2.45, 2.75) is 281 Å². The number of unbranched alkanes of at least 4 members (excludes halogenated alkanes) is 7. The van der Waals surface area contributed by atoms with Crippen LogP contribution in [0.5, 0.6) is 0 Å². The summed E-state index contributed by atoms with van der Waals surface area (Å²) in [5, 5.41) is 116. The molecule has 3 saturated heterocycles. The van der Waals surface area contributed by atoms with Crippen LogP contribution in [0.2, 0.25) is 0 Å². The molecule has 3 heterocycles. The molecule has 0 saturated carbocycles. The lowest BCUT2D eigenvalue weighted by atomic mass is 9.75. The minimum atomic E-state index is -1.53. The first kappa shape index (κ1) is 90.5. The van der Waals surface area contributed by atoms with Gasteiger partial charge in [-0.1, -0.05) is 34.1 Å². The first-order valence-corrected chi connectivity index (χ1v) is 36.2. The SMILES string of the molecule is CC(=O)NC1C(OCCCCC(=O)NCCCCC(NC(=O)CCCCOC2OC(CO)C(O)C(O)C2NC(C)=O)C(=O)NC(CCCCNC(=O)CCCCOC2OC(CO)C(O)C(O)C2NC(C)=O)C(=O)NCCCCCC(=O)NCC(C)(C)CC(C)(C)COI)OC(CO)C(O)C1O. The second-order valence-corrected chi connectivity index (χ2v) is 28.4. The van der Waals surface area contributed by atoms with E-state index in [0.717, 1.165) is 6.42 Å². The fraction of sp³-hybridized carbons (Fsp3) is 0.864. The highest BCUT2D eigenvalue weighted by Gasteiger charge is 2.48. The Balaban J connectivity index is 1.67. The van der Waals surface area contributed by atoms with Crippen LogP contribution in [-0.2, 0) is 74.6 Å². The Labute approximate surface area is 606 Å². The maximum Gasteiger partial charge on any atom is 0.243 e. The largest absolute Gasteiger partial charge is 0.394 e. The van der Waals surface area contributed by atoms with Crippen LogP contribution in [0.4, 0.5) is 0 Å². The molecule has 0 radical (unpaired) electrons. The van der Waals surface area contributed by atoms with Crippen LogP contribution in [0.25, 0.3) is 0 Å². The standard InChI is InChI=1S/C66H118IN9O25/c1-39(80)72-51-57(90)54(87)44(33-77)99-62(51)95-30-18-12-24-47(83)68-27-16-10-21-42(60(93)70-29-15-8-9-23-49(85)71-37-65(4,5)36-66(6,7)38-98-67)76-61(94)43(75-50(86)26-14-20-32-97-64-53(74-41(3)82)59(92)56(89)46(35-79)101-64)22-11-17-28-69-48(84)25-13-19-31-96-63-52(73-40(2)81)58(91)55(88)45(34-78)100-63/h42-46,51-59,62-64,77-79,87-92H,8-38H2,1-7H3,(H,68,83)(H,69,84)(H,70,93)(H,71,85)(H,72,80)(H,73,81)(H,74,82)(H,75,86)(H,76,94). The topological polar surface area (TPSA) is 509 Å². The van der Waals surface area contributed by atoms with Gasteiger partial charge in [0.05, 0.1) is 26.4 Å². The zero-order chi connectivity index (χ0) is 75.2. The highest BCUT2D eigenvalue weighted by Crippen LogP contribution is 2.34. The van der Waals surface area contributed by atoms with Crippen molar-refractivity contribution >= 4 is 76.2 Å². The van der Waals surface area contributed by atoms with Crippen LogP contribution < -0.4 is 47.9 Å². The van der Waals surface area contributed by atoms with E-state index in [-0.39, 0.29) is 119 Å². The molecule has 0 aromatic heterocycles. The van der Waals surface area contributed by atoms with E-state index in [9.17, 15) is 89.1 Å². The molecule has 17 unspecified atom stereocenters. The Morgan fingerprint density at radius 1 is 0.416 bits per heavy atom. The number of carbonyl (C=O) groups excluding carboxylic acids is 9. The van der Waals surface area contributed by atoms with Gasteiger partial charge in [0.2, 0.25) is 53.2 Å². The van der Waals surface area contributed by atoms with Gasteiger partial charge in [-0.05, 0) is 107 Å². The van der Waals surface area contributed by atoms with Crippen molar-refractivity contribution in [3.8, 4) is 0 Å². The number of aliphatic hydroxyl groups is 9. The van der Waals surface area contributed by atoms with Gasteiger partial charge in [-0.25, -0.2) is 0 Å². The molecule has 0 bridgehead atoms. The molecule has 35 heteroatoms. The average molecular weight is 1560 g/mol. The summed E-state index contributed by atoms with van der Waals surface area (Å²) in [6.07, 6.45) is -9.57. The van der Waals surface area contributed by atoms with Gasteiger partial charge in [-0.15, -0.1) is 0 Å². The van der Waals surface area contributed by atoms with Crippen LogP contribution in [0, 0.1) is 10.8 Å². The van der Waals surface area contributed by atoms with E-state index in [1.807, 2.05) is 23.0 Å². The number of amides is 9. The molecule has 584 valence electrons. The highest BCUT2D eigenvalue weighted by atomic mass is 127. The molecular weight excluding hydrogens is 1450 g/mol. The molecule has 0 aliphatic carbocycles. The number of hydrogen-bond donors (Lipinski definition) is 18. The molecule has 18 N–H and O–H groups in total. The molecule has 9 amide bonds. The Morgan fingerprint density at radius 2 is 0.762 bits per heavy atom. The van der Waals surface area contributed by atoms with Crippen molar-refractivity contribution in [1.82, 2.24) is 47.9 Å². The average Bonchev–Trinajstić information content (AvgIpc) is 0.824. The molecule has 0 spiro atoms. The molecule has 0 aromatic carbocycles. The number of hydrogen-bond acceptors (Lipinski definition) is 25. The van der Waals surface area contributed by atoms with Gasteiger partial charge in [-0.3, -0.25) is 43.2 Å². The Bertz CT molecular complexity index is 2500. The van der Waals surface area contributed by atoms with Gasteiger partial charge in [0, 0.05) is 92.5 Å². The maximum atomic E-state index is 14.4. The van der Waals surface area contributed by atoms with Crippen molar-refractivity contribution in [1.29, 1.82) is 0 Å². The third kappa shape index (κ3) is 34.9. The summed E-state index contributed by atoms with van der Waals surface area (Å²) in [6.45, 7) is 12.0. The van der Waals surface area contributed by atoms with Gasteiger partial charge < -0.3 is 125 Å². The predicted molar refractivity (Wildman–Crippen MR) is 370 cm³/mol. The minimum Gasteiger partial charge on any atom is -0.394 e. The molecule has 3 fully saturated rings. The summed E-state index contributed by atoms with van der Waals surface area (Å²) < 4.78 is 39.4. The molecular formula is C66H118IN9O25. The lowest BCUT2D eigenvalue weighted by Gasteiger charge is -2.42. The molecule has 101 heavy (non-hydrogen) atoms. The van der Waals surface area contributed by atoms with Gasteiger partial charge in [0.15, 0.2) is 18.9 Å². The summed E-state index contributed by atoms with van der Waals surface area (Å²) in [7, 11) is 0. The monoisotopic (exact) mass is 1560 g/mol. The van der Waals surface area contributed by atoms with Crippen LogP contribution in [0.3, 0.4) is 0 Å². The van der Waals surface area contributed by atoms with Gasteiger partial charge >= 0.3 is 0 Å². The minimum absolute atomic E-state index is 0.0386. The Kier molecular flexibility index (Phi) is 43.4. The van der Waals surface area contributed by atoms with E-state index in [0.29, 0.717) is 83.8 Å². The van der Waals surface area contributed by atoms with Crippen LogP contribution in [-0.4, -0.2) is 276 Å². The molecule has 3 rings (SSSR count). The highest BCUT2D eigenvalue weighted by molar-refractivity contribution is 14.1. The van der Waals surface area contributed by atoms with Crippen LogP contribution in [0.1, 0.15) is 177 Å². The lowest BCUT2D eigenvalue weighted by molar-refractivity contribution is -0.270. The van der Waals surface area contributed by atoms with E-state index < -0.39 is 159 Å². The van der Waals surface area contributed by atoms with Gasteiger partial charge in [-0.2, -0.15) is 0 Å². The summed E-state index contributed by atoms with van der Waals surface area (Å²) in [5.41, 5.74) is -0.262. The summed E-state index contributed by atoms with van der Waals surface area (Å²) >= 11 is 1.88. The second kappa shape index (κ2) is 48.4. The number of nitrogens with one attached hydrogen (secondary N) is 9. The predicted octanol–water partition coefficient (Wildman–Crippen LogP) is -2.48. The summed E-state index contributed by atoms with van der Waals surface area (Å²) in [5.74, 6) is -3.87. The van der Waals surface area contributed by atoms with E-state index in [1.165, 1.54) is 20.8 Å². The van der Waals surface area contributed by atoms with Crippen molar-refractivity contribution in [3.05, 3.63) is 0 Å². The molecule has 3 aliphatic heterocycles. The van der Waals surface area contributed by atoms with E-state index in [2.05, 4.69) is 75.5 Å². The second-order valence-electron chi connectivity index (χ2n) is 27.8. The quantitative estimate of drug-likeness (QED) is 0.0222. The van der Waals surface area contributed by atoms with Crippen molar-refractivity contribution in [2.24, 2.45) is 10.8 Å². The first-order chi connectivity index (χ1) is 47.9. The van der Waals surface area contributed by atoms with Crippen LogP contribution >= 0.6 is 23.0 Å². The third-order valence-corrected chi connectivity index (χ3v) is 17.6. The number of carbonyl (C=O) groups is 9. The molecule has 34 nitrogen and oxygen atoms in total. The number of rotatable bonds is 50. The van der Waals surface area contributed by atoms with Crippen molar-refractivity contribution in [3.63, 3.8) is 0 Å². The van der Waals surface area contributed by atoms with Crippen molar-refractivity contribution < 1.29 is 121 Å². The fourth-order valence-electron chi connectivity index (χ4n) is 12.2. The van der Waals surface area contributed by atoms with Gasteiger partial charge in [0.1, 0.15) is 108 Å². The molecule has 0 aromatic rings. The van der Waals surface area contributed by atoms with E-state index in [1.54, 1.807) is 0 Å². The maximum absolute atomic E-state index is 14.4. The first-order valence-electron chi connectivity index (χ1n) is 35.3. The smallest absolute Gasteiger partial charge is 0.243 e. The van der Waals surface area contributed by atoms with E-state index >= 15 is 0 Å². The third-order valence-electron chi connectivity index (χ3n) is 17.3. The number of ether oxygens (including phenoxy) is 6. The Hall–Kier alpha value is -4.68. The number of halogens is 1. The lowest BCUT2D eigenvalue weighted by Crippen LogP contribution is -2.64. The van der Waals surface area contributed by atoms with Crippen LogP contribution in [0.15, 0.2) is 0 Å². The molecule has 17 atom stereocenters. The number of aliphatic hydroxyl groups excluding tert-OH is 9. The normalized spacial score (nSPS) is 25.9. The Morgan fingerprint density at radius 3 is 1.14 bits per heavy atom. The summed E-state index contributed by atoms with van der Waals surface area (Å²) in [4.78, 5) is 116.